The molecule has 1 fully saturated rings. The number of nitrogens with zero attached hydrogens (tertiary/aromatic N) is 3. The van der Waals surface area contributed by atoms with Gasteiger partial charge in [0, 0.05) is 66.4 Å². The molecule has 0 aromatic heterocycles. The predicted octanol–water partition coefficient (Wildman–Crippen LogP) is -0.650. The summed E-state index contributed by atoms with van der Waals surface area (Å²) in [6.07, 6.45) is 0. The van der Waals surface area contributed by atoms with E-state index in [0.29, 0.717) is 6.61 Å². The molecule has 0 radical (unpaired) electrons. The fourth-order valence-corrected chi connectivity index (χ4v) is 2.34. The van der Waals surface area contributed by atoms with Gasteiger partial charge in [0.25, 0.3) is 0 Å². The smallest absolute Gasteiger partial charge is 0.219 e. The van der Waals surface area contributed by atoms with Crippen molar-refractivity contribution in [2.24, 2.45) is 4.99 Å². The van der Waals surface area contributed by atoms with Crippen LogP contribution < -0.4 is 10.6 Å². The number of carbonyl (C=O) groups excluding carboxylic acids is 1. The van der Waals surface area contributed by atoms with Gasteiger partial charge in [0.05, 0.1) is 6.61 Å². The molecular formula is C14H29N5O2. The van der Waals surface area contributed by atoms with E-state index in [9.17, 15) is 4.79 Å². The average molecular weight is 299 g/mol. The Balaban J connectivity index is 2.19. The standard InChI is InChI=1S/C14H29N5O2/c1-12(11-21-4)17-14(15-3)16-5-6-18-7-9-19(10-8-18)13(2)20/h12H,5-11H2,1-4H3,(H2,15,16,17). The minimum atomic E-state index is 0.171. The van der Waals surface area contributed by atoms with Gasteiger partial charge in [-0.05, 0) is 6.92 Å². The van der Waals surface area contributed by atoms with Crippen LogP contribution in [0.3, 0.4) is 0 Å². The zero-order valence-corrected chi connectivity index (χ0v) is 13.7. The van der Waals surface area contributed by atoms with Crippen molar-refractivity contribution in [1.82, 2.24) is 20.4 Å². The first-order valence-corrected chi connectivity index (χ1v) is 7.50. The summed E-state index contributed by atoms with van der Waals surface area (Å²) < 4.78 is 5.09. The summed E-state index contributed by atoms with van der Waals surface area (Å²) in [5.41, 5.74) is 0. The number of methoxy groups -OCH3 is 1. The number of hydrogen-bond acceptors (Lipinski definition) is 4. The first kappa shape index (κ1) is 17.7. The number of ether oxygens (including phenoxy) is 1. The molecule has 1 unspecified atom stereocenters. The van der Waals surface area contributed by atoms with E-state index in [0.717, 1.165) is 45.2 Å². The van der Waals surface area contributed by atoms with Crippen molar-refractivity contribution < 1.29 is 9.53 Å². The lowest BCUT2D eigenvalue weighted by molar-refractivity contribution is -0.130. The van der Waals surface area contributed by atoms with E-state index in [2.05, 4.69) is 27.4 Å². The van der Waals surface area contributed by atoms with Crippen LogP contribution in [0.2, 0.25) is 0 Å². The molecule has 1 aliphatic rings. The van der Waals surface area contributed by atoms with Crippen molar-refractivity contribution in [3.63, 3.8) is 0 Å². The Bertz CT molecular complexity index is 340. The molecule has 1 rings (SSSR count). The van der Waals surface area contributed by atoms with Crippen molar-refractivity contribution >= 4 is 11.9 Å². The van der Waals surface area contributed by atoms with Gasteiger partial charge in [0.15, 0.2) is 5.96 Å². The van der Waals surface area contributed by atoms with Crippen LogP contribution in [-0.2, 0) is 9.53 Å². The van der Waals surface area contributed by atoms with Crippen LogP contribution in [0.15, 0.2) is 4.99 Å². The normalized spacial score (nSPS) is 18.5. The average Bonchev–Trinajstić information content (AvgIpc) is 2.47. The molecular weight excluding hydrogens is 270 g/mol. The second kappa shape index (κ2) is 9.57. The van der Waals surface area contributed by atoms with Gasteiger partial charge >= 0.3 is 0 Å². The molecule has 0 bridgehead atoms. The third kappa shape index (κ3) is 6.77. The molecule has 1 saturated heterocycles. The maximum absolute atomic E-state index is 11.3. The van der Waals surface area contributed by atoms with Crippen LogP contribution >= 0.6 is 0 Å². The first-order chi connectivity index (χ1) is 10.1. The van der Waals surface area contributed by atoms with Crippen LogP contribution in [0.1, 0.15) is 13.8 Å². The van der Waals surface area contributed by atoms with Crippen LogP contribution in [-0.4, -0.2) is 87.7 Å². The molecule has 0 saturated carbocycles. The monoisotopic (exact) mass is 299 g/mol. The highest BCUT2D eigenvalue weighted by Crippen LogP contribution is 2.00. The summed E-state index contributed by atoms with van der Waals surface area (Å²) in [5.74, 6) is 0.964. The fraction of sp³-hybridized carbons (Fsp3) is 0.857. The number of carbonyl (C=O) groups is 1. The SMILES string of the molecule is CN=C(NCCN1CCN(C(C)=O)CC1)NC(C)COC. The van der Waals surface area contributed by atoms with E-state index < -0.39 is 0 Å². The van der Waals surface area contributed by atoms with Crippen molar-refractivity contribution in [3.05, 3.63) is 0 Å². The maximum atomic E-state index is 11.3. The van der Waals surface area contributed by atoms with Crippen molar-refractivity contribution in [1.29, 1.82) is 0 Å². The highest BCUT2D eigenvalue weighted by Gasteiger charge is 2.17. The number of guanidine groups is 1. The molecule has 122 valence electrons. The molecule has 2 N–H and O–H groups in total. The number of amides is 1. The zero-order chi connectivity index (χ0) is 15.7. The lowest BCUT2D eigenvalue weighted by Crippen LogP contribution is -2.51. The molecule has 0 aliphatic carbocycles. The lowest BCUT2D eigenvalue weighted by atomic mass is 10.3. The van der Waals surface area contributed by atoms with Gasteiger partial charge < -0.3 is 20.3 Å². The molecule has 1 heterocycles. The van der Waals surface area contributed by atoms with E-state index in [1.54, 1.807) is 21.1 Å². The van der Waals surface area contributed by atoms with E-state index in [4.69, 9.17) is 4.74 Å². The highest BCUT2D eigenvalue weighted by atomic mass is 16.5. The second-order valence-corrected chi connectivity index (χ2v) is 5.35. The molecule has 7 heteroatoms. The lowest BCUT2D eigenvalue weighted by Gasteiger charge is -2.34. The zero-order valence-electron chi connectivity index (χ0n) is 13.7. The Morgan fingerprint density at radius 1 is 1.33 bits per heavy atom. The largest absolute Gasteiger partial charge is 0.383 e. The molecule has 0 aromatic rings. The molecule has 1 aliphatic heterocycles. The molecule has 21 heavy (non-hydrogen) atoms. The number of nitrogens with one attached hydrogen (secondary N) is 2. The van der Waals surface area contributed by atoms with Crippen molar-refractivity contribution in [2.45, 2.75) is 19.9 Å². The maximum Gasteiger partial charge on any atom is 0.219 e. The van der Waals surface area contributed by atoms with Gasteiger partial charge in [-0.1, -0.05) is 0 Å². The van der Waals surface area contributed by atoms with Gasteiger partial charge in [-0.15, -0.1) is 0 Å². The van der Waals surface area contributed by atoms with Gasteiger partial charge in [-0.25, -0.2) is 0 Å². The van der Waals surface area contributed by atoms with E-state index in [1.807, 2.05) is 4.90 Å². The number of hydrogen-bond donors (Lipinski definition) is 2. The Hall–Kier alpha value is -1.34. The van der Waals surface area contributed by atoms with Crippen LogP contribution in [0.25, 0.3) is 0 Å². The van der Waals surface area contributed by atoms with Gasteiger partial charge in [-0.3, -0.25) is 14.7 Å². The number of aliphatic imine (C=N–C) groups is 1. The van der Waals surface area contributed by atoms with Gasteiger partial charge in [-0.2, -0.15) is 0 Å². The summed E-state index contributed by atoms with van der Waals surface area (Å²) in [6.45, 7) is 9.64. The van der Waals surface area contributed by atoms with Gasteiger partial charge in [0.2, 0.25) is 5.91 Å². The summed E-state index contributed by atoms with van der Waals surface area (Å²) in [4.78, 5) is 19.7. The van der Waals surface area contributed by atoms with E-state index in [-0.39, 0.29) is 11.9 Å². The minimum Gasteiger partial charge on any atom is -0.383 e. The third-order valence-electron chi connectivity index (χ3n) is 3.56. The number of piperazine rings is 1. The van der Waals surface area contributed by atoms with Gasteiger partial charge in [0.1, 0.15) is 0 Å². The Morgan fingerprint density at radius 2 is 2.00 bits per heavy atom. The summed E-state index contributed by atoms with van der Waals surface area (Å²) in [5, 5.41) is 6.57. The molecule has 0 aromatic carbocycles. The van der Waals surface area contributed by atoms with Crippen LogP contribution in [0.4, 0.5) is 0 Å². The van der Waals surface area contributed by atoms with Crippen molar-refractivity contribution in [3.8, 4) is 0 Å². The predicted molar refractivity (Wildman–Crippen MR) is 84.5 cm³/mol. The highest BCUT2D eigenvalue weighted by molar-refractivity contribution is 5.79. The molecule has 1 amide bonds. The Morgan fingerprint density at radius 3 is 2.52 bits per heavy atom. The molecule has 7 nitrogen and oxygen atoms in total. The Kier molecular flexibility index (Phi) is 8.07. The van der Waals surface area contributed by atoms with Crippen LogP contribution in [0.5, 0.6) is 0 Å². The van der Waals surface area contributed by atoms with E-state index >= 15 is 0 Å². The topological polar surface area (TPSA) is 69.2 Å². The molecule has 1 atom stereocenters. The number of rotatable bonds is 6. The van der Waals surface area contributed by atoms with Crippen LogP contribution in [0, 0.1) is 0 Å². The van der Waals surface area contributed by atoms with Crippen molar-refractivity contribution in [2.75, 3.05) is 60.0 Å². The minimum absolute atomic E-state index is 0.171. The summed E-state index contributed by atoms with van der Waals surface area (Å²) in [7, 11) is 3.45. The first-order valence-electron chi connectivity index (χ1n) is 7.50. The fourth-order valence-electron chi connectivity index (χ4n) is 2.34. The second-order valence-electron chi connectivity index (χ2n) is 5.35. The quantitative estimate of drug-likeness (QED) is 0.504. The summed E-state index contributed by atoms with van der Waals surface area (Å²) in [6, 6.07) is 0.223. The Labute approximate surface area is 127 Å². The van der Waals surface area contributed by atoms with E-state index in [1.165, 1.54) is 0 Å². The summed E-state index contributed by atoms with van der Waals surface area (Å²) >= 11 is 0. The molecule has 0 spiro atoms. The third-order valence-corrected chi connectivity index (χ3v) is 3.56.